The Kier molecular flexibility index (Phi) is 16.1. The number of guanidine groups is 1. The van der Waals surface area contributed by atoms with Crippen LogP contribution in [0.15, 0.2) is 27.7 Å². The van der Waals surface area contributed by atoms with Crippen molar-refractivity contribution in [3.8, 4) is 0 Å². The van der Waals surface area contributed by atoms with E-state index in [1.165, 1.54) is 5.56 Å². The molecule has 0 saturated carbocycles. The summed E-state index contributed by atoms with van der Waals surface area (Å²) in [7, 11) is 1.67. The average Bonchev–Trinajstić information content (AvgIpc) is 2.57. The Hall–Kier alpha value is -0.0900. The SMILES string of the molecule is CCNC(=NCCCOCCOC)NCCc1cc(Cl)ccc1Br.I. The van der Waals surface area contributed by atoms with Crippen LogP contribution in [0.1, 0.15) is 18.9 Å². The van der Waals surface area contributed by atoms with Gasteiger partial charge in [-0.25, -0.2) is 0 Å². The van der Waals surface area contributed by atoms with Crippen LogP contribution < -0.4 is 10.6 Å². The minimum Gasteiger partial charge on any atom is -0.382 e. The molecule has 0 unspecified atom stereocenters. The maximum Gasteiger partial charge on any atom is 0.191 e. The van der Waals surface area contributed by atoms with Crippen molar-refractivity contribution < 1.29 is 9.47 Å². The van der Waals surface area contributed by atoms with Crippen LogP contribution in [0.4, 0.5) is 0 Å². The van der Waals surface area contributed by atoms with Crippen molar-refractivity contribution >= 4 is 57.5 Å². The third-order valence-corrected chi connectivity index (χ3v) is 4.20. The molecule has 2 N–H and O–H groups in total. The minimum absolute atomic E-state index is 0. The van der Waals surface area contributed by atoms with Crippen LogP contribution >= 0.6 is 51.5 Å². The number of methoxy groups -OCH3 is 1. The predicted octanol–water partition coefficient (Wildman–Crippen LogP) is 3.87. The lowest BCUT2D eigenvalue weighted by molar-refractivity contribution is 0.0702. The van der Waals surface area contributed by atoms with E-state index in [1.54, 1.807) is 7.11 Å². The van der Waals surface area contributed by atoms with Crippen molar-refractivity contribution in [1.82, 2.24) is 10.6 Å². The number of ether oxygens (including phenoxy) is 2. The van der Waals surface area contributed by atoms with Gasteiger partial charge in [0.1, 0.15) is 0 Å². The number of rotatable bonds is 11. The van der Waals surface area contributed by atoms with E-state index in [2.05, 4.69) is 38.5 Å². The molecule has 8 heteroatoms. The first kappa shape index (κ1) is 24.9. The molecular weight excluding hydrogens is 520 g/mol. The van der Waals surface area contributed by atoms with Gasteiger partial charge in [-0.05, 0) is 43.5 Å². The van der Waals surface area contributed by atoms with E-state index in [0.29, 0.717) is 19.8 Å². The molecule has 144 valence electrons. The molecule has 0 heterocycles. The summed E-state index contributed by atoms with van der Waals surface area (Å²) in [6, 6.07) is 5.83. The zero-order valence-corrected chi connectivity index (χ0v) is 19.5. The summed E-state index contributed by atoms with van der Waals surface area (Å²) in [6.07, 6.45) is 1.76. The standard InChI is InChI=1S/C17H27BrClN3O2.HI/c1-3-20-17(21-8-4-10-24-12-11-23-2)22-9-7-14-13-15(19)5-6-16(14)18;/h5-6,13H,3-4,7-12H2,1-2H3,(H2,20,21,22);1H. The van der Waals surface area contributed by atoms with Crippen molar-refractivity contribution in [3.05, 3.63) is 33.3 Å². The van der Waals surface area contributed by atoms with Gasteiger partial charge in [-0.3, -0.25) is 4.99 Å². The molecular formula is C17H28BrClIN3O2. The van der Waals surface area contributed by atoms with E-state index in [1.807, 2.05) is 18.2 Å². The molecule has 1 rings (SSSR count). The van der Waals surface area contributed by atoms with E-state index in [9.17, 15) is 0 Å². The summed E-state index contributed by atoms with van der Waals surface area (Å²) in [5.74, 6) is 0.826. The third kappa shape index (κ3) is 12.0. The van der Waals surface area contributed by atoms with Crippen LogP contribution in [0.25, 0.3) is 0 Å². The molecule has 0 aliphatic heterocycles. The highest BCUT2D eigenvalue weighted by Crippen LogP contribution is 2.21. The summed E-state index contributed by atoms with van der Waals surface area (Å²) >= 11 is 9.59. The van der Waals surface area contributed by atoms with Crippen LogP contribution in [0.2, 0.25) is 5.02 Å². The van der Waals surface area contributed by atoms with Gasteiger partial charge in [0.05, 0.1) is 13.2 Å². The zero-order chi connectivity index (χ0) is 17.6. The van der Waals surface area contributed by atoms with E-state index in [0.717, 1.165) is 47.9 Å². The molecule has 0 amide bonds. The van der Waals surface area contributed by atoms with E-state index in [-0.39, 0.29) is 24.0 Å². The number of halogens is 3. The molecule has 1 aromatic rings. The molecule has 0 atom stereocenters. The summed E-state index contributed by atoms with van der Waals surface area (Å²) < 4.78 is 11.4. The maximum atomic E-state index is 6.04. The van der Waals surface area contributed by atoms with Crippen molar-refractivity contribution in [3.63, 3.8) is 0 Å². The van der Waals surface area contributed by atoms with Crippen LogP contribution in [0, 0.1) is 0 Å². The molecule has 25 heavy (non-hydrogen) atoms. The zero-order valence-electron chi connectivity index (χ0n) is 14.8. The first-order valence-electron chi connectivity index (χ1n) is 8.20. The van der Waals surface area contributed by atoms with Gasteiger partial charge >= 0.3 is 0 Å². The van der Waals surface area contributed by atoms with Crippen molar-refractivity contribution in [2.75, 3.05) is 46.6 Å². The average molecular weight is 549 g/mol. The lowest BCUT2D eigenvalue weighted by Gasteiger charge is -2.12. The van der Waals surface area contributed by atoms with Gasteiger partial charge in [-0.15, -0.1) is 24.0 Å². The fourth-order valence-corrected chi connectivity index (χ4v) is 2.63. The molecule has 0 spiro atoms. The largest absolute Gasteiger partial charge is 0.382 e. The number of benzene rings is 1. The lowest BCUT2D eigenvalue weighted by atomic mass is 10.1. The first-order chi connectivity index (χ1) is 11.7. The van der Waals surface area contributed by atoms with Gasteiger partial charge < -0.3 is 20.1 Å². The molecule has 0 fully saturated rings. The van der Waals surface area contributed by atoms with Gasteiger partial charge in [-0.1, -0.05) is 27.5 Å². The Balaban J connectivity index is 0.00000576. The van der Waals surface area contributed by atoms with Crippen molar-refractivity contribution in [2.45, 2.75) is 19.8 Å². The monoisotopic (exact) mass is 547 g/mol. The summed E-state index contributed by atoms with van der Waals surface area (Å²) in [5.41, 5.74) is 1.18. The van der Waals surface area contributed by atoms with E-state index in [4.69, 9.17) is 21.1 Å². The molecule has 0 bridgehead atoms. The van der Waals surface area contributed by atoms with Crippen molar-refractivity contribution in [1.29, 1.82) is 0 Å². The second-order valence-corrected chi connectivity index (χ2v) is 6.42. The van der Waals surface area contributed by atoms with Gasteiger partial charge in [0, 0.05) is 42.8 Å². The molecule has 0 radical (unpaired) electrons. The fourth-order valence-electron chi connectivity index (χ4n) is 1.99. The van der Waals surface area contributed by atoms with Crippen LogP contribution in [0.5, 0.6) is 0 Å². The predicted molar refractivity (Wildman–Crippen MR) is 120 cm³/mol. The quantitative estimate of drug-likeness (QED) is 0.191. The lowest BCUT2D eigenvalue weighted by Crippen LogP contribution is -2.38. The molecule has 0 aliphatic carbocycles. The molecule has 0 aliphatic rings. The second kappa shape index (κ2) is 16.1. The Morgan fingerprint density at radius 2 is 2.04 bits per heavy atom. The highest BCUT2D eigenvalue weighted by molar-refractivity contribution is 14.0. The normalized spacial score (nSPS) is 11.1. The Morgan fingerprint density at radius 3 is 2.76 bits per heavy atom. The molecule has 0 aromatic heterocycles. The Labute approximate surface area is 181 Å². The topological polar surface area (TPSA) is 54.9 Å². The third-order valence-electron chi connectivity index (χ3n) is 3.19. The number of nitrogens with one attached hydrogen (secondary N) is 2. The Morgan fingerprint density at radius 1 is 1.24 bits per heavy atom. The highest BCUT2D eigenvalue weighted by Gasteiger charge is 2.02. The van der Waals surface area contributed by atoms with Crippen LogP contribution in [-0.4, -0.2) is 52.5 Å². The van der Waals surface area contributed by atoms with Gasteiger partial charge in [-0.2, -0.15) is 0 Å². The Bertz CT molecular complexity index is 507. The number of hydrogen-bond acceptors (Lipinski definition) is 3. The molecule has 1 aromatic carbocycles. The molecule has 5 nitrogen and oxygen atoms in total. The van der Waals surface area contributed by atoms with Crippen LogP contribution in [-0.2, 0) is 15.9 Å². The number of hydrogen-bond donors (Lipinski definition) is 2. The smallest absolute Gasteiger partial charge is 0.191 e. The number of nitrogens with zero attached hydrogens (tertiary/aromatic N) is 1. The highest BCUT2D eigenvalue weighted by atomic mass is 127. The van der Waals surface area contributed by atoms with Crippen molar-refractivity contribution in [2.24, 2.45) is 4.99 Å². The summed E-state index contributed by atoms with van der Waals surface area (Å²) in [5, 5.41) is 7.34. The molecule has 0 saturated heterocycles. The fraction of sp³-hybridized carbons (Fsp3) is 0.588. The summed E-state index contributed by atoms with van der Waals surface area (Å²) in [4.78, 5) is 4.55. The number of aliphatic imine (C=N–C) groups is 1. The van der Waals surface area contributed by atoms with Gasteiger partial charge in [0.2, 0.25) is 0 Å². The second-order valence-electron chi connectivity index (χ2n) is 5.13. The van der Waals surface area contributed by atoms with Gasteiger partial charge in [0.15, 0.2) is 5.96 Å². The minimum atomic E-state index is 0. The first-order valence-corrected chi connectivity index (χ1v) is 9.37. The summed E-state index contributed by atoms with van der Waals surface area (Å²) in [6.45, 7) is 6.36. The maximum absolute atomic E-state index is 6.04. The van der Waals surface area contributed by atoms with Gasteiger partial charge in [0.25, 0.3) is 0 Å². The van der Waals surface area contributed by atoms with E-state index >= 15 is 0 Å². The van der Waals surface area contributed by atoms with Crippen LogP contribution in [0.3, 0.4) is 0 Å². The van der Waals surface area contributed by atoms with E-state index < -0.39 is 0 Å².